The number of ether oxygens (including phenoxy) is 2. The fourth-order valence-corrected chi connectivity index (χ4v) is 2.56. The lowest BCUT2D eigenvalue weighted by molar-refractivity contribution is 0.102. The molecule has 3 rings (SSSR count). The van der Waals surface area contributed by atoms with Gasteiger partial charge in [-0.2, -0.15) is 0 Å². The van der Waals surface area contributed by atoms with E-state index in [2.05, 4.69) is 15.6 Å². The zero-order chi connectivity index (χ0) is 19.1. The van der Waals surface area contributed by atoms with E-state index >= 15 is 0 Å². The van der Waals surface area contributed by atoms with E-state index in [0.717, 1.165) is 11.3 Å². The molecular weight excluding hydrogens is 342 g/mol. The van der Waals surface area contributed by atoms with E-state index in [0.29, 0.717) is 29.3 Å². The Kier molecular flexibility index (Phi) is 5.89. The van der Waals surface area contributed by atoms with Crippen LogP contribution in [-0.4, -0.2) is 25.1 Å². The summed E-state index contributed by atoms with van der Waals surface area (Å²) in [4.78, 5) is 16.8. The van der Waals surface area contributed by atoms with Crippen LogP contribution in [0.3, 0.4) is 0 Å². The summed E-state index contributed by atoms with van der Waals surface area (Å²) in [6.45, 7) is 0.653. The van der Waals surface area contributed by atoms with Crippen molar-refractivity contribution in [2.45, 2.75) is 6.54 Å². The first-order valence-electron chi connectivity index (χ1n) is 8.46. The predicted octanol–water partition coefficient (Wildman–Crippen LogP) is 3.96. The molecular formula is C21H21N3O3. The number of carbonyl (C=O) groups excluding carboxylic acids is 1. The number of carbonyl (C=O) groups is 1. The number of methoxy groups -OCH3 is 2. The van der Waals surface area contributed by atoms with Crippen LogP contribution in [0.2, 0.25) is 0 Å². The third-order valence-corrected chi connectivity index (χ3v) is 4.00. The molecule has 138 valence electrons. The summed E-state index contributed by atoms with van der Waals surface area (Å²) in [5.41, 5.74) is 2.93. The smallest absolute Gasteiger partial charge is 0.257 e. The number of hydrogen-bond donors (Lipinski definition) is 2. The number of rotatable bonds is 7. The van der Waals surface area contributed by atoms with Gasteiger partial charge in [0.2, 0.25) is 0 Å². The number of benzene rings is 2. The van der Waals surface area contributed by atoms with Crippen molar-refractivity contribution in [2.24, 2.45) is 0 Å². The van der Waals surface area contributed by atoms with E-state index in [9.17, 15) is 4.79 Å². The monoisotopic (exact) mass is 363 g/mol. The van der Waals surface area contributed by atoms with Gasteiger partial charge in [0.05, 0.1) is 31.2 Å². The first kappa shape index (κ1) is 18.3. The van der Waals surface area contributed by atoms with Gasteiger partial charge in [-0.05, 0) is 23.8 Å². The van der Waals surface area contributed by atoms with Crippen molar-refractivity contribution in [3.05, 3.63) is 78.1 Å². The molecule has 0 aliphatic heterocycles. The molecule has 0 fully saturated rings. The molecule has 0 bridgehead atoms. The molecule has 0 radical (unpaired) electrons. The molecule has 2 aromatic carbocycles. The molecule has 1 heterocycles. The van der Waals surface area contributed by atoms with Gasteiger partial charge in [-0.1, -0.05) is 30.3 Å². The van der Waals surface area contributed by atoms with Gasteiger partial charge in [-0.15, -0.1) is 0 Å². The molecule has 27 heavy (non-hydrogen) atoms. The molecule has 1 aromatic heterocycles. The Labute approximate surface area is 158 Å². The van der Waals surface area contributed by atoms with Gasteiger partial charge >= 0.3 is 0 Å². The first-order chi connectivity index (χ1) is 13.2. The van der Waals surface area contributed by atoms with Crippen LogP contribution in [0.5, 0.6) is 11.5 Å². The van der Waals surface area contributed by atoms with Crippen molar-refractivity contribution >= 4 is 17.3 Å². The van der Waals surface area contributed by atoms with Crippen LogP contribution in [0.25, 0.3) is 0 Å². The van der Waals surface area contributed by atoms with Crippen LogP contribution in [0.1, 0.15) is 15.9 Å². The largest absolute Gasteiger partial charge is 0.497 e. The number of pyridine rings is 1. The minimum Gasteiger partial charge on any atom is -0.497 e. The average Bonchev–Trinajstić information content (AvgIpc) is 2.73. The van der Waals surface area contributed by atoms with Crippen molar-refractivity contribution in [3.63, 3.8) is 0 Å². The topological polar surface area (TPSA) is 72.5 Å². The highest BCUT2D eigenvalue weighted by molar-refractivity contribution is 6.05. The zero-order valence-corrected chi connectivity index (χ0v) is 15.2. The highest BCUT2D eigenvalue weighted by atomic mass is 16.5. The normalized spacial score (nSPS) is 10.1. The lowest BCUT2D eigenvalue weighted by atomic mass is 10.2. The highest BCUT2D eigenvalue weighted by Crippen LogP contribution is 2.29. The molecule has 1 amide bonds. The summed E-state index contributed by atoms with van der Waals surface area (Å²) in [7, 11) is 3.12. The van der Waals surface area contributed by atoms with E-state index in [-0.39, 0.29) is 5.91 Å². The minimum absolute atomic E-state index is 0.269. The van der Waals surface area contributed by atoms with Crippen molar-refractivity contribution < 1.29 is 14.3 Å². The van der Waals surface area contributed by atoms with Crippen LogP contribution >= 0.6 is 0 Å². The molecule has 6 heteroatoms. The third-order valence-electron chi connectivity index (χ3n) is 4.00. The standard InChI is InChI=1S/C21H21N3O3/c1-26-18-8-9-19(20(11-18)27-2)24-21(25)16-10-17(14-22-13-16)23-12-15-6-4-3-5-7-15/h3-11,13-14,23H,12H2,1-2H3,(H,24,25). The first-order valence-corrected chi connectivity index (χ1v) is 8.46. The Morgan fingerprint density at radius 2 is 1.81 bits per heavy atom. The van der Waals surface area contributed by atoms with E-state index in [1.54, 1.807) is 44.7 Å². The number of hydrogen-bond acceptors (Lipinski definition) is 5. The summed E-state index contributed by atoms with van der Waals surface area (Å²) in [6, 6.07) is 17.0. The van der Waals surface area contributed by atoms with Gasteiger partial charge in [-0.25, -0.2) is 0 Å². The second kappa shape index (κ2) is 8.71. The number of amides is 1. The second-order valence-corrected chi connectivity index (χ2v) is 5.82. The van der Waals surface area contributed by atoms with Crippen molar-refractivity contribution in [3.8, 4) is 11.5 Å². The fraction of sp³-hybridized carbons (Fsp3) is 0.143. The van der Waals surface area contributed by atoms with Crippen molar-refractivity contribution in [1.82, 2.24) is 4.98 Å². The zero-order valence-electron chi connectivity index (χ0n) is 15.2. The molecule has 0 saturated carbocycles. The van der Waals surface area contributed by atoms with Crippen LogP contribution in [-0.2, 0) is 6.54 Å². The quantitative estimate of drug-likeness (QED) is 0.665. The fourth-order valence-electron chi connectivity index (χ4n) is 2.56. The number of nitrogens with zero attached hydrogens (tertiary/aromatic N) is 1. The van der Waals surface area contributed by atoms with E-state index in [1.807, 2.05) is 30.3 Å². The van der Waals surface area contributed by atoms with Crippen molar-refractivity contribution in [1.29, 1.82) is 0 Å². The summed E-state index contributed by atoms with van der Waals surface area (Å²) in [5, 5.41) is 6.12. The maximum absolute atomic E-state index is 12.6. The predicted molar refractivity (Wildman–Crippen MR) is 106 cm³/mol. The summed E-state index contributed by atoms with van der Waals surface area (Å²) in [5.74, 6) is 0.905. The molecule has 0 atom stereocenters. The molecule has 0 spiro atoms. The summed E-state index contributed by atoms with van der Waals surface area (Å²) in [6.07, 6.45) is 3.21. The molecule has 6 nitrogen and oxygen atoms in total. The SMILES string of the molecule is COc1ccc(NC(=O)c2cncc(NCc3ccccc3)c2)c(OC)c1. The Balaban J connectivity index is 1.70. The van der Waals surface area contributed by atoms with Gasteiger partial charge in [0.25, 0.3) is 5.91 Å². The van der Waals surface area contributed by atoms with E-state index in [4.69, 9.17) is 9.47 Å². The van der Waals surface area contributed by atoms with Gasteiger partial charge < -0.3 is 20.1 Å². The highest BCUT2D eigenvalue weighted by Gasteiger charge is 2.12. The third kappa shape index (κ3) is 4.76. The van der Waals surface area contributed by atoms with Crippen LogP contribution < -0.4 is 20.1 Å². The van der Waals surface area contributed by atoms with Gasteiger partial charge in [0, 0.05) is 25.0 Å². The number of nitrogens with one attached hydrogen (secondary N) is 2. The Morgan fingerprint density at radius 3 is 2.56 bits per heavy atom. The average molecular weight is 363 g/mol. The maximum atomic E-state index is 12.6. The van der Waals surface area contributed by atoms with Gasteiger partial charge in [-0.3, -0.25) is 9.78 Å². The van der Waals surface area contributed by atoms with Gasteiger partial charge in [0.15, 0.2) is 0 Å². The summed E-state index contributed by atoms with van der Waals surface area (Å²) < 4.78 is 10.5. The molecule has 0 saturated heterocycles. The van der Waals surface area contributed by atoms with Crippen LogP contribution in [0.4, 0.5) is 11.4 Å². The minimum atomic E-state index is -0.269. The Morgan fingerprint density at radius 1 is 1.00 bits per heavy atom. The van der Waals surface area contributed by atoms with Crippen LogP contribution in [0.15, 0.2) is 67.0 Å². The van der Waals surface area contributed by atoms with Crippen molar-refractivity contribution in [2.75, 3.05) is 24.9 Å². The summed E-state index contributed by atoms with van der Waals surface area (Å²) >= 11 is 0. The molecule has 0 aliphatic carbocycles. The van der Waals surface area contributed by atoms with Gasteiger partial charge in [0.1, 0.15) is 11.5 Å². The lowest BCUT2D eigenvalue weighted by Gasteiger charge is -2.12. The molecule has 0 aliphatic rings. The molecule has 2 N–H and O–H groups in total. The van der Waals surface area contributed by atoms with E-state index in [1.165, 1.54) is 6.20 Å². The molecule has 3 aromatic rings. The molecule has 0 unspecified atom stereocenters. The maximum Gasteiger partial charge on any atom is 0.257 e. The lowest BCUT2D eigenvalue weighted by Crippen LogP contribution is -2.13. The van der Waals surface area contributed by atoms with E-state index < -0.39 is 0 Å². The van der Waals surface area contributed by atoms with Crippen LogP contribution in [0, 0.1) is 0 Å². The Bertz CT molecular complexity index is 914. The number of anilines is 2. The Hall–Kier alpha value is -3.54. The number of aromatic nitrogens is 1. The second-order valence-electron chi connectivity index (χ2n) is 5.82.